The van der Waals surface area contributed by atoms with Crippen molar-refractivity contribution in [3.05, 3.63) is 69.3 Å². The fourth-order valence-electron chi connectivity index (χ4n) is 2.48. The molecule has 0 atom stereocenters. The second kappa shape index (κ2) is 7.53. The average molecular weight is 400 g/mol. The second-order valence-corrected chi connectivity index (χ2v) is 7.81. The van der Waals surface area contributed by atoms with Crippen LogP contribution in [0.1, 0.15) is 17.1 Å². The fraction of sp³-hybridized carbons (Fsp3) is 0.222. The molecule has 0 aliphatic rings. The lowest BCUT2D eigenvalue weighted by molar-refractivity contribution is 0.290. The van der Waals surface area contributed by atoms with E-state index in [1.54, 1.807) is 16.7 Å². The number of nitrogens with zero attached hydrogens (tertiary/aromatic N) is 5. The molecule has 27 heavy (non-hydrogen) atoms. The van der Waals surface area contributed by atoms with Gasteiger partial charge in [0.25, 0.3) is 5.56 Å². The zero-order valence-corrected chi connectivity index (χ0v) is 16.5. The van der Waals surface area contributed by atoms with Gasteiger partial charge in [-0.2, -0.15) is 0 Å². The normalized spacial score (nSPS) is 11.2. The molecule has 0 fully saturated rings. The van der Waals surface area contributed by atoms with Crippen molar-refractivity contribution in [2.24, 2.45) is 7.05 Å². The zero-order valence-electron chi connectivity index (χ0n) is 14.8. The molecule has 0 N–H and O–H groups in total. The van der Waals surface area contributed by atoms with E-state index in [-0.39, 0.29) is 5.56 Å². The van der Waals surface area contributed by atoms with E-state index in [0.717, 1.165) is 22.4 Å². The zero-order chi connectivity index (χ0) is 18.8. The van der Waals surface area contributed by atoms with E-state index >= 15 is 0 Å². The molecule has 0 radical (unpaired) electrons. The van der Waals surface area contributed by atoms with Gasteiger partial charge in [-0.05, 0) is 19.1 Å². The third kappa shape index (κ3) is 3.88. The van der Waals surface area contributed by atoms with E-state index in [1.165, 1.54) is 28.7 Å². The van der Waals surface area contributed by atoms with Crippen LogP contribution in [-0.2, 0) is 19.4 Å². The average Bonchev–Trinajstić information content (AvgIpc) is 3.27. The minimum Gasteiger partial charge on any atom is -0.486 e. The molecule has 138 valence electrons. The van der Waals surface area contributed by atoms with Crippen LogP contribution in [0.15, 0.2) is 51.9 Å². The van der Waals surface area contributed by atoms with Gasteiger partial charge in [0.2, 0.25) is 0 Å². The van der Waals surface area contributed by atoms with E-state index in [4.69, 9.17) is 4.74 Å². The maximum Gasteiger partial charge on any atom is 0.258 e. The number of benzene rings is 1. The van der Waals surface area contributed by atoms with Gasteiger partial charge in [0.1, 0.15) is 12.4 Å². The topological polar surface area (TPSA) is 74.3 Å². The Balaban J connectivity index is 1.42. The molecular formula is C18H17N5O2S2. The van der Waals surface area contributed by atoms with E-state index in [9.17, 15) is 4.79 Å². The lowest BCUT2D eigenvalue weighted by Crippen LogP contribution is -2.12. The number of aromatic nitrogens is 5. The summed E-state index contributed by atoms with van der Waals surface area (Å²) in [5, 5.41) is 11.0. The molecule has 3 aromatic heterocycles. The molecular weight excluding hydrogens is 382 g/mol. The van der Waals surface area contributed by atoms with Crippen molar-refractivity contribution in [2.45, 2.75) is 24.4 Å². The predicted octanol–water partition coefficient (Wildman–Crippen LogP) is 3.06. The van der Waals surface area contributed by atoms with Gasteiger partial charge in [0.05, 0.1) is 5.69 Å². The van der Waals surface area contributed by atoms with Crippen molar-refractivity contribution in [2.75, 3.05) is 0 Å². The van der Waals surface area contributed by atoms with Crippen LogP contribution < -0.4 is 10.3 Å². The first-order chi connectivity index (χ1) is 13.1. The van der Waals surface area contributed by atoms with Gasteiger partial charge in [-0.25, -0.2) is 4.98 Å². The van der Waals surface area contributed by atoms with Gasteiger partial charge < -0.3 is 9.30 Å². The van der Waals surface area contributed by atoms with Gasteiger partial charge in [-0.3, -0.25) is 9.20 Å². The number of ether oxygens (including phenoxy) is 1. The van der Waals surface area contributed by atoms with E-state index in [1.807, 2.05) is 48.2 Å². The van der Waals surface area contributed by atoms with E-state index in [2.05, 4.69) is 15.2 Å². The maximum absolute atomic E-state index is 12.1. The quantitative estimate of drug-likeness (QED) is 0.464. The highest BCUT2D eigenvalue weighted by Crippen LogP contribution is 2.21. The SMILES string of the molecule is Cc1ccc(OCc2nnc(SCc3cc(=O)n4ccsc4n3)n2C)cc1. The standard InChI is InChI=1S/C18H17N5O2S2/c1-12-3-5-14(6-4-12)25-10-15-20-21-18(22(15)2)27-11-13-9-16(24)23-7-8-26-17(23)19-13/h3-9H,10-11H2,1-2H3. The molecule has 9 heteroatoms. The molecule has 4 aromatic rings. The van der Waals surface area contributed by atoms with E-state index < -0.39 is 0 Å². The Morgan fingerprint density at radius 2 is 2.04 bits per heavy atom. The molecule has 0 unspecified atom stereocenters. The minimum absolute atomic E-state index is 0.0676. The monoisotopic (exact) mass is 399 g/mol. The van der Waals surface area contributed by atoms with Crippen LogP contribution in [0.5, 0.6) is 5.75 Å². The summed E-state index contributed by atoms with van der Waals surface area (Å²) in [5.41, 5.74) is 1.85. The Morgan fingerprint density at radius 1 is 1.22 bits per heavy atom. The summed E-state index contributed by atoms with van der Waals surface area (Å²) in [6.07, 6.45) is 1.73. The number of thioether (sulfide) groups is 1. The van der Waals surface area contributed by atoms with Crippen molar-refractivity contribution in [1.82, 2.24) is 24.1 Å². The van der Waals surface area contributed by atoms with Crippen LogP contribution in [0.4, 0.5) is 0 Å². The number of thiazole rings is 1. The van der Waals surface area contributed by atoms with Gasteiger partial charge in [0, 0.05) is 30.4 Å². The van der Waals surface area contributed by atoms with Crippen LogP contribution in [0.3, 0.4) is 0 Å². The Kier molecular flexibility index (Phi) is 4.95. The number of fused-ring (bicyclic) bond motifs is 1. The van der Waals surface area contributed by atoms with Gasteiger partial charge >= 0.3 is 0 Å². The number of hydrogen-bond donors (Lipinski definition) is 0. The van der Waals surface area contributed by atoms with E-state index in [0.29, 0.717) is 17.3 Å². The summed E-state index contributed by atoms with van der Waals surface area (Å²) in [6, 6.07) is 9.45. The first-order valence-corrected chi connectivity index (χ1v) is 10.1. The Bertz CT molecular complexity index is 1130. The van der Waals surface area contributed by atoms with Crippen molar-refractivity contribution in [1.29, 1.82) is 0 Å². The molecule has 0 amide bonds. The van der Waals surface area contributed by atoms with Gasteiger partial charge in [0.15, 0.2) is 15.9 Å². The first kappa shape index (κ1) is 17.7. The molecule has 0 spiro atoms. The highest BCUT2D eigenvalue weighted by molar-refractivity contribution is 7.98. The Hall–Kier alpha value is -2.65. The molecule has 4 rings (SSSR count). The second-order valence-electron chi connectivity index (χ2n) is 5.99. The number of hydrogen-bond acceptors (Lipinski definition) is 7. The summed E-state index contributed by atoms with van der Waals surface area (Å²) >= 11 is 2.94. The first-order valence-electron chi connectivity index (χ1n) is 8.26. The molecule has 7 nitrogen and oxygen atoms in total. The maximum atomic E-state index is 12.1. The fourth-order valence-corrected chi connectivity index (χ4v) is 4.04. The summed E-state index contributed by atoms with van der Waals surface area (Å²) in [5.74, 6) is 2.08. The molecule has 0 aliphatic carbocycles. The van der Waals surface area contributed by atoms with Crippen molar-refractivity contribution >= 4 is 28.1 Å². The highest BCUT2D eigenvalue weighted by Gasteiger charge is 2.11. The van der Waals surface area contributed by atoms with Crippen molar-refractivity contribution in [3.63, 3.8) is 0 Å². The molecule has 3 heterocycles. The molecule has 0 saturated carbocycles. The molecule has 0 bridgehead atoms. The van der Waals surface area contributed by atoms with Crippen LogP contribution in [0.25, 0.3) is 4.96 Å². The summed E-state index contributed by atoms with van der Waals surface area (Å²) < 4.78 is 9.21. The minimum atomic E-state index is -0.0676. The van der Waals surface area contributed by atoms with Gasteiger partial charge in [-0.1, -0.05) is 29.5 Å². The van der Waals surface area contributed by atoms with Gasteiger partial charge in [-0.15, -0.1) is 21.5 Å². The van der Waals surface area contributed by atoms with Crippen molar-refractivity contribution in [3.8, 4) is 5.75 Å². The molecule has 0 aliphatic heterocycles. The highest BCUT2D eigenvalue weighted by atomic mass is 32.2. The predicted molar refractivity (Wildman–Crippen MR) is 105 cm³/mol. The Labute approximate surface area is 163 Å². The van der Waals surface area contributed by atoms with Crippen LogP contribution in [-0.4, -0.2) is 24.1 Å². The lowest BCUT2D eigenvalue weighted by atomic mass is 10.2. The van der Waals surface area contributed by atoms with Crippen LogP contribution in [0, 0.1) is 6.92 Å². The molecule has 0 saturated heterocycles. The summed E-state index contributed by atoms with van der Waals surface area (Å²) in [7, 11) is 1.90. The van der Waals surface area contributed by atoms with Crippen LogP contribution >= 0.6 is 23.1 Å². The summed E-state index contributed by atoms with van der Waals surface area (Å²) in [6.45, 7) is 2.38. The molecule has 1 aromatic carbocycles. The Morgan fingerprint density at radius 3 is 2.85 bits per heavy atom. The smallest absolute Gasteiger partial charge is 0.258 e. The number of aryl methyl sites for hydroxylation is 1. The summed E-state index contributed by atoms with van der Waals surface area (Å²) in [4.78, 5) is 17.3. The van der Waals surface area contributed by atoms with Crippen LogP contribution in [0.2, 0.25) is 0 Å². The number of rotatable bonds is 6. The largest absolute Gasteiger partial charge is 0.486 e. The third-order valence-corrected chi connectivity index (χ3v) is 5.83. The lowest BCUT2D eigenvalue weighted by Gasteiger charge is -2.07. The third-order valence-electron chi connectivity index (χ3n) is 4.02. The van der Waals surface area contributed by atoms with Crippen molar-refractivity contribution < 1.29 is 4.74 Å².